The second-order valence-corrected chi connectivity index (χ2v) is 9.32. The van der Waals surface area contributed by atoms with Crippen molar-refractivity contribution >= 4 is 22.8 Å². The van der Waals surface area contributed by atoms with Gasteiger partial charge in [-0.1, -0.05) is 85.4 Å². The average molecular weight is 417 g/mol. The Morgan fingerprint density at radius 3 is 2.42 bits per heavy atom. The molecule has 5 aromatic rings. The third kappa shape index (κ3) is 2.02. The van der Waals surface area contributed by atoms with Crippen LogP contribution in [0.2, 0.25) is 0 Å². The van der Waals surface area contributed by atoms with E-state index in [1.807, 2.05) is 11.8 Å². The van der Waals surface area contributed by atoms with Gasteiger partial charge >= 0.3 is 0 Å². The van der Waals surface area contributed by atoms with Gasteiger partial charge in [-0.3, -0.25) is 4.57 Å². The van der Waals surface area contributed by atoms with Crippen LogP contribution in [0.25, 0.3) is 16.7 Å². The lowest BCUT2D eigenvalue weighted by atomic mass is 9.69. The summed E-state index contributed by atoms with van der Waals surface area (Å²) in [7, 11) is 0. The number of nitrogens with zero attached hydrogens (tertiary/aromatic N) is 2. The molecule has 3 heterocycles. The molecule has 1 atom stereocenters. The maximum absolute atomic E-state index is 5.29. The zero-order valence-corrected chi connectivity index (χ0v) is 18.0. The van der Waals surface area contributed by atoms with E-state index in [0.29, 0.717) is 0 Å². The second kappa shape index (κ2) is 6.12. The predicted octanol–water partition coefficient (Wildman–Crippen LogP) is 6.75. The van der Waals surface area contributed by atoms with Crippen molar-refractivity contribution in [3.05, 3.63) is 119 Å². The molecule has 2 aliphatic heterocycles. The first-order chi connectivity index (χ1) is 15.3. The molecule has 0 bridgehead atoms. The van der Waals surface area contributed by atoms with E-state index < -0.39 is 5.41 Å². The number of para-hydroxylation sites is 3. The Balaban J connectivity index is 1.74. The van der Waals surface area contributed by atoms with E-state index in [2.05, 4.69) is 102 Å². The Morgan fingerprint density at radius 1 is 0.774 bits per heavy atom. The highest BCUT2D eigenvalue weighted by atomic mass is 32.2. The van der Waals surface area contributed by atoms with Crippen LogP contribution in [0.5, 0.6) is 0 Å². The molecule has 2 aliphatic rings. The molecule has 0 saturated carbocycles. The summed E-state index contributed by atoms with van der Waals surface area (Å²) in [6.07, 6.45) is 1.02. The van der Waals surface area contributed by atoms with Crippen LogP contribution < -0.4 is 0 Å². The van der Waals surface area contributed by atoms with Crippen LogP contribution in [-0.2, 0) is 11.8 Å². The number of aryl methyl sites for hydroxylation is 1. The quantitative estimate of drug-likeness (QED) is 0.295. The smallest absolute Gasteiger partial charge is 0.134 e. The van der Waals surface area contributed by atoms with Gasteiger partial charge in [0.2, 0.25) is 0 Å². The highest BCUT2D eigenvalue weighted by molar-refractivity contribution is 7.99. The fourth-order valence-electron chi connectivity index (χ4n) is 5.56. The van der Waals surface area contributed by atoms with E-state index in [4.69, 9.17) is 4.98 Å². The summed E-state index contributed by atoms with van der Waals surface area (Å²) in [5.74, 6) is 1.11. The van der Waals surface area contributed by atoms with Crippen LogP contribution in [0.1, 0.15) is 35.0 Å². The van der Waals surface area contributed by atoms with Crippen LogP contribution >= 0.6 is 11.8 Å². The van der Waals surface area contributed by atoms with Crippen LogP contribution in [0.3, 0.4) is 0 Å². The molecule has 2 nitrogen and oxygen atoms in total. The van der Waals surface area contributed by atoms with Crippen molar-refractivity contribution in [1.82, 2.24) is 9.55 Å². The van der Waals surface area contributed by atoms with E-state index >= 15 is 0 Å². The van der Waals surface area contributed by atoms with Gasteiger partial charge in [-0.25, -0.2) is 4.98 Å². The third-order valence-electron chi connectivity index (χ3n) is 6.83. The predicted molar refractivity (Wildman–Crippen MR) is 126 cm³/mol. The molecular weight excluding hydrogens is 396 g/mol. The molecule has 0 radical (unpaired) electrons. The van der Waals surface area contributed by atoms with Crippen LogP contribution in [0.4, 0.5) is 0 Å². The van der Waals surface area contributed by atoms with Crippen LogP contribution in [-0.4, -0.2) is 9.55 Å². The summed E-state index contributed by atoms with van der Waals surface area (Å²) >= 11 is 1.91. The number of aromatic nitrogens is 2. The molecule has 1 spiro atoms. The Bertz CT molecular complexity index is 1510. The first-order valence-electron chi connectivity index (χ1n) is 10.8. The van der Waals surface area contributed by atoms with Crippen molar-refractivity contribution in [3.63, 3.8) is 0 Å². The monoisotopic (exact) mass is 416 g/mol. The molecule has 4 aromatic carbocycles. The van der Waals surface area contributed by atoms with Gasteiger partial charge in [0.25, 0.3) is 0 Å². The molecule has 0 amide bonds. The largest absolute Gasteiger partial charge is 0.295 e. The van der Waals surface area contributed by atoms with Gasteiger partial charge in [-0.2, -0.15) is 0 Å². The minimum atomic E-state index is -0.405. The fourth-order valence-corrected chi connectivity index (χ4v) is 6.93. The molecule has 3 heteroatoms. The number of hydrogen-bond donors (Lipinski definition) is 0. The lowest BCUT2D eigenvalue weighted by Crippen LogP contribution is -2.33. The Labute approximate surface area is 185 Å². The van der Waals surface area contributed by atoms with E-state index in [1.165, 1.54) is 43.2 Å². The lowest BCUT2D eigenvalue weighted by Gasteiger charge is -2.38. The zero-order chi connectivity index (χ0) is 20.6. The summed E-state index contributed by atoms with van der Waals surface area (Å²) < 4.78 is 2.39. The van der Waals surface area contributed by atoms with E-state index in [1.54, 1.807) is 0 Å². The van der Waals surface area contributed by atoms with Crippen molar-refractivity contribution in [1.29, 1.82) is 0 Å². The van der Waals surface area contributed by atoms with Crippen molar-refractivity contribution in [2.75, 3.05) is 0 Å². The van der Waals surface area contributed by atoms with Gasteiger partial charge in [-0.05, 0) is 52.9 Å². The maximum atomic E-state index is 5.29. The van der Waals surface area contributed by atoms with Gasteiger partial charge in [0.1, 0.15) is 11.2 Å². The highest BCUT2D eigenvalue weighted by Gasteiger charge is 2.52. The molecule has 0 fully saturated rings. The minimum Gasteiger partial charge on any atom is -0.295 e. The number of benzene rings is 4. The van der Waals surface area contributed by atoms with Crippen molar-refractivity contribution in [2.45, 2.75) is 28.6 Å². The molecule has 1 aromatic heterocycles. The molecule has 0 aliphatic carbocycles. The minimum absolute atomic E-state index is 0.405. The number of fused-ring (bicyclic) bond motifs is 11. The van der Waals surface area contributed by atoms with E-state index in [0.717, 1.165) is 17.8 Å². The van der Waals surface area contributed by atoms with E-state index in [-0.39, 0.29) is 0 Å². The molecule has 0 N–H and O–H groups in total. The Kier molecular flexibility index (Phi) is 3.43. The number of hydrogen-bond acceptors (Lipinski definition) is 2. The van der Waals surface area contributed by atoms with Gasteiger partial charge in [-0.15, -0.1) is 0 Å². The first kappa shape index (κ1) is 17.4. The molecule has 148 valence electrons. The summed E-state index contributed by atoms with van der Waals surface area (Å²) in [5, 5.41) is 0. The second-order valence-electron chi connectivity index (χ2n) is 8.27. The number of rotatable bonds is 1. The standard InChI is InChI=1S/C28H20N2S/c1-2-18-10-9-13-21-26(18)31-25-17-8-4-12-20(25)28(21)19-11-3-6-15-23(19)30-24-16-7-5-14-22(24)29-27(28)30/h3-17H,2H2,1H3. The third-order valence-corrected chi connectivity index (χ3v) is 8.09. The van der Waals surface area contributed by atoms with Gasteiger partial charge in [0.15, 0.2) is 0 Å². The summed E-state index contributed by atoms with van der Waals surface area (Å²) in [6, 6.07) is 33.1. The highest BCUT2D eigenvalue weighted by Crippen LogP contribution is 2.60. The zero-order valence-electron chi connectivity index (χ0n) is 17.2. The molecule has 31 heavy (non-hydrogen) atoms. The van der Waals surface area contributed by atoms with Crippen molar-refractivity contribution in [2.24, 2.45) is 0 Å². The Hall–Kier alpha value is -3.30. The number of imidazole rings is 1. The van der Waals surface area contributed by atoms with Crippen molar-refractivity contribution in [3.8, 4) is 5.69 Å². The maximum Gasteiger partial charge on any atom is 0.134 e. The fraction of sp³-hybridized carbons (Fsp3) is 0.107. The van der Waals surface area contributed by atoms with Gasteiger partial charge in [0.05, 0.1) is 16.7 Å². The van der Waals surface area contributed by atoms with Crippen LogP contribution in [0.15, 0.2) is 101 Å². The summed E-state index contributed by atoms with van der Waals surface area (Å²) in [4.78, 5) is 8.01. The van der Waals surface area contributed by atoms with Crippen molar-refractivity contribution < 1.29 is 0 Å². The normalized spacial score (nSPS) is 18.0. The Morgan fingerprint density at radius 2 is 1.52 bits per heavy atom. The van der Waals surface area contributed by atoms with Gasteiger partial charge in [0, 0.05) is 9.79 Å². The average Bonchev–Trinajstić information content (AvgIpc) is 3.34. The molecule has 0 saturated heterocycles. The SMILES string of the molecule is CCc1cccc2c1Sc1ccccc1C21c2ccccc2-n2c1nc1ccccc12. The lowest BCUT2D eigenvalue weighted by molar-refractivity contribution is 0.677. The van der Waals surface area contributed by atoms with E-state index in [9.17, 15) is 0 Å². The molecule has 1 unspecified atom stereocenters. The molecule has 7 rings (SSSR count). The summed E-state index contributed by atoms with van der Waals surface area (Å²) in [5.41, 5.74) is 8.48. The van der Waals surface area contributed by atoms with Gasteiger partial charge < -0.3 is 0 Å². The topological polar surface area (TPSA) is 17.8 Å². The first-order valence-corrected chi connectivity index (χ1v) is 11.6. The summed E-state index contributed by atoms with van der Waals surface area (Å²) in [6.45, 7) is 2.25. The molecular formula is C28H20N2S. The van der Waals surface area contributed by atoms with Crippen LogP contribution in [0, 0.1) is 0 Å².